The van der Waals surface area contributed by atoms with Crippen LogP contribution in [-0.4, -0.2) is 53.5 Å². The Morgan fingerprint density at radius 1 is 1.00 bits per heavy atom. The van der Waals surface area contributed by atoms with Gasteiger partial charge in [0.2, 0.25) is 0 Å². The lowest BCUT2D eigenvalue weighted by molar-refractivity contribution is 0.0763. The van der Waals surface area contributed by atoms with Crippen LogP contribution in [-0.2, 0) is 0 Å². The molecule has 2 aromatic rings. The van der Waals surface area contributed by atoms with Gasteiger partial charge in [-0.05, 0) is 50.3 Å². The number of aromatic nitrogens is 1. The molecule has 1 aliphatic rings. The fourth-order valence-electron chi connectivity index (χ4n) is 2.74. The van der Waals surface area contributed by atoms with Crippen molar-refractivity contribution in [1.29, 1.82) is 0 Å². The second-order valence-electron chi connectivity index (χ2n) is 5.59. The second-order valence-corrected chi connectivity index (χ2v) is 5.59. The van der Waals surface area contributed by atoms with Crippen LogP contribution in [0.25, 0.3) is 5.69 Å². The first-order valence-corrected chi connectivity index (χ1v) is 7.45. The molecule has 110 valence electrons. The molecule has 0 bridgehead atoms. The van der Waals surface area contributed by atoms with Gasteiger partial charge in [0.15, 0.2) is 0 Å². The van der Waals surface area contributed by atoms with Crippen LogP contribution in [0, 0.1) is 0 Å². The van der Waals surface area contributed by atoms with Gasteiger partial charge in [0.05, 0.1) is 0 Å². The molecule has 1 fully saturated rings. The number of likely N-dealkylation sites (N-methyl/N-ethyl adjacent to an activating group) is 1. The van der Waals surface area contributed by atoms with Crippen LogP contribution in [0.4, 0.5) is 0 Å². The number of benzene rings is 1. The average Bonchev–Trinajstić information content (AvgIpc) is 2.96. The molecule has 1 aromatic carbocycles. The molecule has 0 N–H and O–H groups in total. The van der Waals surface area contributed by atoms with Crippen molar-refractivity contribution >= 4 is 5.91 Å². The lowest BCUT2D eigenvalue weighted by atomic mass is 10.1. The van der Waals surface area contributed by atoms with E-state index < -0.39 is 0 Å². The summed E-state index contributed by atoms with van der Waals surface area (Å²) in [5.74, 6) is 0.138. The summed E-state index contributed by atoms with van der Waals surface area (Å²) in [4.78, 5) is 16.9. The predicted molar refractivity (Wildman–Crippen MR) is 83.8 cm³/mol. The van der Waals surface area contributed by atoms with Gasteiger partial charge >= 0.3 is 0 Å². The van der Waals surface area contributed by atoms with Crippen molar-refractivity contribution in [1.82, 2.24) is 14.4 Å². The van der Waals surface area contributed by atoms with Gasteiger partial charge in [-0.2, -0.15) is 0 Å². The standard InChI is InChI=1S/C17H21N3O/c1-18-8-5-11-20(13-12-18)17(21)15-6-4-7-16(14-15)19-9-2-3-10-19/h2-4,6-7,9-10,14H,5,8,11-13H2,1H3. The van der Waals surface area contributed by atoms with Crippen LogP contribution < -0.4 is 0 Å². The van der Waals surface area contributed by atoms with Crippen molar-refractivity contribution in [2.24, 2.45) is 0 Å². The molecule has 1 amide bonds. The second kappa shape index (κ2) is 6.14. The number of amides is 1. The number of nitrogens with zero attached hydrogens (tertiary/aromatic N) is 3. The molecule has 0 spiro atoms. The summed E-state index contributed by atoms with van der Waals surface area (Å²) in [7, 11) is 2.11. The van der Waals surface area contributed by atoms with E-state index in [1.54, 1.807) is 0 Å². The van der Waals surface area contributed by atoms with E-state index in [0.717, 1.165) is 43.9 Å². The first kappa shape index (κ1) is 13.9. The van der Waals surface area contributed by atoms with Crippen LogP contribution in [0.3, 0.4) is 0 Å². The summed E-state index contributed by atoms with van der Waals surface area (Å²) in [6.45, 7) is 3.66. The van der Waals surface area contributed by atoms with Gasteiger partial charge in [0, 0.05) is 43.3 Å². The molecule has 1 aromatic heterocycles. The van der Waals surface area contributed by atoms with E-state index in [9.17, 15) is 4.79 Å². The number of carbonyl (C=O) groups is 1. The Morgan fingerprint density at radius 3 is 2.62 bits per heavy atom. The summed E-state index contributed by atoms with van der Waals surface area (Å²) >= 11 is 0. The topological polar surface area (TPSA) is 28.5 Å². The highest BCUT2D eigenvalue weighted by Gasteiger charge is 2.19. The fourth-order valence-corrected chi connectivity index (χ4v) is 2.74. The minimum absolute atomic E-state index is 0.138. The number of hydrogen-bond acceptors (Lipinski definition) is 2. The van der Waals surface area contributed by atoms with Gasteiger partial charge in [0.25, 0.3) is 5.91 Å². The van der Waals surface area contributed by atoms with Gasteiger partial charge in [-0.25, -0.2) is 0 Å². The van der Waals surface area contributed by atoms with Crippen molar-refractivity contribution in [2.45, 2.75) is 6.42 Å². The largest absolute Gasteiger partial charge is 0.337 e. The van der Waals surface area contributed by atoms with Crippen LogP contribution in [0.15, 0.2) is 48.8 Å². The third-order valence-corrected chi connectivity index (χ3v) is 4.00. The Labute approximate surface area is 125 Å². The molecule has 4 nitrogen and oxygen atoms in total. The Morgan fingerprint density at radius 2 is 1.81 bits per heavy atom. The molecule has 1 saturated heterocycles. The third kappa shape index (κ3) is 3.16. The molecular weight excluding hydrogens is 262 g/mol. The van der Waals surface area contributed by atoms with Crippen LogP contribution in [0.1, 0.15) is 16.8 Å². The summed E-state index contributed by atoms with van der Waals surface area (Å²) in [5.41, 5.74) is 1.79. The predicted octanol–water partition coefficient (Wildman–Crippen LogP) is 2.25. The Kier molecular flexibility index (Phi) is 4.06. The van der Waals surface area contributed by atoms with Crippen molar-refractivity contribution in [3.63, 3.8) is 0 Å². The van der Waals surface area contributed by atoms with Gasteiger partial charge in [-0.1, -0.05) is 6.07 Å². The van der Waals surface area contributed by atoms with E-state index in [0.29, 0.717) is 0 Å². The molecule has 21 heavy (non-hydrogen) atoms. The zero-order chi connectivity index (χ0) is 14.7. The number of rotatable bonds is 2. The summed E-state index contributed by atoms with van der Waals surface area (Å²) in [5, 5.41) is 0. The normalized spacial score (nSPS) is 16.7. The molecule has 0 saturated carbocycles. The lowest BCUT2D eigenvalue weighted by Crippen LogP contribution is -2.34. The third-order valence-electron chi connectivity index (χ3n) is 4.00. The van der Waals surface area contributed by atoms with E-state index >= 15 is 0 Å². The van der Waals surface area contributed by atoms with E-state index in [2.05, 4.69) is 11.9 Å². The van der Waals surface area contributed by atoms with Crippen LogP contribution in [0.5, 0.6) is 0 Å². The lowest BCUT2D eigenvalue weighted by Gasteiger charge is -2.21. The summed E-state index contributed by atoms with van der Waals surface area (Å²) in [6, 6.07) is 11.8. The molecule has 4 heteroatoms. The summed E-state index contributed by atoms with van der Waals surface area (Å²) in [6.07, 6.45) is 5.02. The first-order chi connectivity index (χ1) is 10.2. The quantitative estimate of drug-likeness (QED) is 0.846. The van der Waals surface area contributed by atoms with Crippen LogP contribution >= 0.6 is 0 Å². The van der Waals surface area contributed by atoms with Gasteiger partial charge < -0.3 is 14.4 Å². The Hall–Kier alpha value is -2.07. The molecule has 0 radical (unpaired) electrons. The fraction of sp³-hybridized carbons (Fsp3) is 0.353. The zero-order valence-corrected chi connectivity index (χ0v) is 12.4. The van der Waals surface area contributed by atoms with Gasteiger partial charge in [0.1, 0.15) is 0 Å². The summed E-state index contributed by atoms with van der Waals surface area (Å²) < 4.78 is 2.02. The van der Waals surface area contributed by atoms with Crippen molar-refractivity contribution in [3.05, 3.63) is 54.4 Å². The maximum absolute atomic E-state index is 12.7. The smallest absolute Gasteiger partial charge is 0.253 e. The average molecular weight is 283 g/mol. The van der Waals surface area contributed by atoms with Crippen molar-refractivity contribution < 1.29 is 4.79 Å². The number of carbonyl (C=O) groups excluding carboxylic acids is 1. The molecule has 0 aliphatic carbocycles. The highest BCUT2D eigenvalue weighted by atomic mass is 16.2. The molecular formula is C17H21N3O. The van der Waals surface area contributed by atoms with E-state index in [1.807, 2.05) is 58.3 Å². The van der Waals surface area contributed by atoms with Crippen molar-refractivity contribution in [2.75, 3.05) is 33.2 Å². The zero-order valence-electron chi connectivity index (χ0n) is 12.4. The van der Waals surface area contributed by atoms with Gasteiger partial charge in [-0.3, -0.25) is 4.79 Å². The molecule has 0 atom stereocenters. The molecule has 2 heterocycles. The Bertz CT molecular complexity index is 606. The maximum Gasteiger partial charge on any atom is 0.253 e. The highest BCUT2D eigenvalue weighted by molar-refractivity contribution is 5.94. The molecule has 1 aliphatic heterocycles. The highest BCUT2D eigenvalue weighted by Crippen LogP contribution is 2.14. The van der Waals surface area contributed by atoms with E-state index in [1.165, 1.54) is 0 Å². The van der Waals surface area contributed by atoms with E-state index in [4.69, 9.17) is 0 Å². The maximum atomic E-state index is 12.7. The van der Waals surface area contributed by atoms with Crippen molar-refractivity contribution in [3.8, 4) is 5.69 Å². The SMILES string of the molecule is CN1CCCN(C(=O)c2cccc(-n3cccc3)c2)CC1. The molecule has 3 rings (SSSR count). The van der Waals surface area contributed by atoms with E-state index in [-0.39, 0.29) is 5.91 Å². The molecule has 0 unspecified atom stereocenters. The number of hydrogen-bond donors (Lipinski definition) is 0. The minimum Gasteiger partial charge on any atom is -0.337 e. The first-order valence-electron chi connectivity index (χ1n) is 7.45. The van der Waals surface area contributed by atoms with Gasteiger partial charge in [-0.15, -0.1) is 0 Å². The Balaban J connectivity index is 1.80. The minimum atomic E-state index is 0.138. The van der Waals surface area contributed by atoms with Crippen LogP contribution in [0.2, 0.25) is 0 Å². The monoisotopic (exact) mass is 283 g/mol.